The average Bonchev–Trinajstić information content (AvgIpc) is 2.67. The summed E-state index contributed by atoms with van der Waals surface area (Å²) in [5.74, 6) is -0.125. The van der Waals surface area contributed by atoms with E-state index in [0.29, 0.717) is 22.4 Å². The number of benzene rings is 1. The minimum atomic E-state index is -0.542. The molecule has 0 aliphatic rings. The van der Waals surface area contributed by atoms with Crippen molar-refractivity contribution in [1.82, 2.24) is 0 Å². The predicted molar refractivity (Wildman–Crippen MR) is 63.1 cm³/mol. The molecule has 2 N–H and O–H groups in total. The maximum Gasteiger partial charge on any atom is 0.378 e. The summed E-state index contributed by atoms with van der Waals surface area (Å²) in [5.41, 5.74) is 6.79. The van der Waals surface area contributed by atoms with Gasteiger partial charge in [-0.05, 0) is 25.1 Å². The molecular weight excluding hydrogens is 222 g/mol. The molecule has 0 aliphatic carbocycles. The first kappa shape index (κ1) is 11.3. The molecule has 0 atom stereocenters. The number of methoxy groups -OCH3 is 1. The van der Waals surface area contributed by atoms with Crippen LogP contribution in [0.25, 0.3) is 11.0 Å². The Balaban J connectivity index is 2.60. The summed E-state index contributed by atoms with van der Waals surface area (Å²) in [6, 6.07) is 5.08. The molecule has 0 saturated heterocycles. The average molecular weight is 235 g/mol. The number of furan rings is 1. The lowest BCUT2D eigenvalue weighted by atomic mass is 10.2. The first-order valence-electron chi connectivity index (χ1n) is 5.20. The third-order valence-electron chi connectivity index (χ3n) is 2.33. The topological polar surface area (TPSA) is 74.7 Å². The minimum Gasteiger partial charge on any atom is -0.492 e. The van der Waals surface area contributed by atoms with Gasteiger partial charge in [0, 0.05) is 5.69 Å². The molecule has 1 aromatic heterocycles. The molecule has 90 valence electrons. The first-order chi connectivity index (χ1) is 8.17. The monoisotopic (exact) mass is 235 g/mol. The van der Waals surface area contributed by atoms with Gasteiger partial charge in [-0.2, -0.15) is 0 Å². The van der Waals surface area contributed by atoms with E-state index in [1.165, 1.54) is 7.11 Å². The zero-order chi connectivity index (χ0) is 12.4. The molecule has 0 spiro atoms. The van der Waals surface area contributed by atoms with Gasteiger partial charge in [0.1, 0.15) is 5.58 Å². The third-order valence-corrected chi connectivity index (χ3v) is 2.33. The number of nitrogen functional groups attached to an aromatic ring is 1. The SMILES string of the molecule is CCOC(=O)c1oc2ccc(N)cc2c1OC. The molecule has 0 unspecified atom stereocenters. The summed E-state index contributed by atoms with van der Waals surface area (Å²) in [6.45, 7) is 2.01. The largest absolute Gasteiger partial charge is 0.492 e. The van der Waals surface area contributed by atoms with Crippen molar-refractivity contribution in [2.45, 2.75) is 6.92 Å². The van der Waals surface area contributed by atoms with Gasteiger partial charge >= 0.3 is 5.97 Å². The lowest BCUT2D eigenvalue weighted by Crippen LogP contribution is -2.04. The van der Waals surface area contributed by atoms with Gasteiger partial charge in [0.25, 0.3) is 5.76 Å². The van der Waals surface area contributed by atoms with Crippen molar-refractivity contribution in [3.63, 3.8) is 0 Å². The van der Waals surface area contributed by atoms with Crippen LogP contribution < -0.4 is 10.5 Å². The number of anilines is 1. The van der Waals surface area contributed by atoms with Gasteiger partial charge in [-0.25, -0.2) is 4.79 Å². The molecule has 2 aromatic rings. The number of ether oxygens (including phenoxy) is 2. The number of carbonyl (C=O) groups is 1. The van der Waals surface area contributed by atoms with Crippen molar-refractivity contribution in [2.24, 2.45) is 0 Å². The summed E-state index contributed by atoms with van der Waals surface area (Å²) in [6.07, 6.45) is 0. The molecule has 0 radical (unpaired) electrons. The fourth-order valence-electron chi connectivity index (χ4n) is 1.63. The number of carbonyl (C=O) groups excluding carboxylic acids is 1. The molecule has 5 nitrogen and oxygen atoms in total. The van der Waals surface area contributed by atoms with Gasteiger partial charge in [-0.1, -0.05) is 0 Å². The van der Waals surface area contributed by atoms with E-state index >= 15 is 0 Å². The van der Waals surface area contributed by atoms with Crippen LogP contribution >= 0.6 is 0 Å². The molecular formula is C12H13NO4. The fourth-order valence-corrected chi connectivity index (χ4v) is 1.63. The van der Waals surface area contributed by atoms with Crippen molar-refractivity contribution in [1.29, 1.82) is 0 Å². The Bertz CT molecular complexity index is 559. The molecule has 0 aliphatic heterocycles. The quantitative estimate of drug-likeness (QED) is 0.652. The zero-order valence-corrected chi connectivity index (χ0v) is 9.65. The van der Waals surface area contributed by atoms with Crippen LogP contribution in [0.5, 0.6) is 5.75 Å². The van der Waals surface area contributed by atoms with Crippen molar-refractivity contribution in [3.8, 4) is 5.75 Å². The van der Waals surface area contributed by atoms with Gasteiger partial charge < -0.3 is 19.6 Å². The van der Waals surface area contributed by atoms with E-state index in [1.54, 1.807) is 25.1 Å². The van der Waals surface area contributed by atoms with Gasteiger partial charge in [-0.3, -0.25) is 0 Å². The van der Waals surface area contributed by atoms with E-state index in [4.69, 9.17) is 19.6 Å². The highest BCUT2D eigenvalue weighted by Gasteiger charge is 2.22. The standard InChI is InChI=1S/C12H13NO4/c1-3-16-12(14)11-10(15-2)8-6-7(13)4-5-9(8)17-11/h4-6H,3,13H2,1-2H3. The summed E-state index contributed by atoms with van der Waals surface area (Å²) in [7, 11) is 1.47. The van der Waals surface area contributed by atoms with Crippen LogP contribution in [0.1, 0.15) is 17.5 Å². The number of hydrogen-bond acceptors (Lipinski definition) is 5. The Hall–Kier alpha value is -2.17. The summed E-state index contributed by atoms with van der Waals surface area (Å²) >= 11 is 0. The third kappa shape index (κ3) is 1.91. The number of nitrogens with two attached hydrogens (primary N) is 1. The molecule has 0 amide bonds. The molecule has 0 bridgehead atoms. The van der Waals surface area contributed by atoms with Crippen LogP contribution in [0.2, 0.25) is 0 Å². The Morgan fingerprint density at radius 2 is 2.24 bits per heavy atom. The van der Waals surface area contributed by atoms with E-state index in [2.05, 4.69) is 0 Å². The molecule has 0 saturated carbocycles. The predicted octanol–water partition coefficient (Wildman–Crippen LogP) is 2.20. The van der Waals surface area contributed by atoms with Crippen LogP contribution in [-0.2, 0) is 4.74 Å². The summed E-state index contributed by atoms with van der Waals surface area (Å²) < 4.78 is 15.5. The fraction of sp³-hybridized carbons (Fsp3) is 0.250. The second-order valence-electron chi connectivity index (χ2n) is 3.44. The van der Waals surface area contributed by atoms with E-state index in [9.17, 15) is 4.79 Å². The second kappa shape index (κ2) is 4.37. The van der Waals surface area contributed by atoms with E-state index in [1.807, 2.05) is 0 Å². The van der Waals surface area contributed by atoms with Gasteiger partial charge in [0.05, 0.1) is 19.1 Å². The van der Waals surface area contributed by atoms with Crippen molar-refractivity contribution in [3.05, 3.63) is 24.0 Å². The number of hydrogen-bond donors (Lipinski definition) is 1. The Labute approximate surface area is 98.1 Å². The highest BCUT2D eigenvalue weighted by Crippen LogP contribution is 2.34. The van der Waals surface area contributed by atoms with Crippen LogP contribution in [-0.4, -0.2) is 19.7 Å². The lowest BCUT2D eigenvalue weighted by molar-refractivity contribution is 0.0488. The van der Waals surface area contributed by atoms with Crippen molar-refractivity contribution < 1.29 is 18.7 Å². The Morgan fingerprint density at radius 1 is 1.47 bits per heavy atom. The van der Waals surface area contributed by atoms with Crippen LogP contribution in [0, 0.1) is 0 Å². The summed E-state index contributed by atoms with van der Waals surface area (Å²) in [5, 5.41) is 0.663. The van der Waals surface area contributed by atoms with Crippen molar-refractivity contribution in [2.75, 3.05) is 19.5 Å². The van der Waals surface area contributed by atoms with Gasteiger partial charge in [-0.15, -0.1) is 0 Å². The normalized spacial score (nSPS) is 10.5. The highest BCUT2D eigenvalue weighted by molar-refractivity contribution is 5.99. The lowest BCUT2D eigenvalue weighted by Gasteiger charge is -2.01. The van der Waals surface area contributed by atoms with Crippen molar-refractivity contribution >= 4 is 22.6 Å². The molecule has 2 rings (SSSR count). The van der Waals surface area contributed by atoms with Gasteiger partial charge in [0.15, 0.2) is 5.75 Å². The van der Waals surface area contributed by atoms with E-state index < -0.39 is 5.97 Å². The number of rotatable bonds is 3. The molecule has 0 fully saturated rings. The number of fused-ring (bicyclic) bond motifs is 1. The number of esters is 1. The minimum absolute atomic E-state index is 0.0648. The maximum absolute atomic E-state index is 11.7. The Morgan fingerprint density at radius 3 is 2.88 bits per heavy atom. The molecule has 1 heterocycles. The molecule has 5 heteroatoms. The van der Waals surface area contributed by atoms with Crippen LogP contribution in [0.4, 0.5) is 5.69 Å². The summed E-state index contributed by atoms with van der Waals surface area (Å²) in [4.78, 5) is 11.7. The molecule has 1 aromatic carbocycles. The zero-order valence-electron chi connectivity index (χ0n) is 9.65. The van der Waals surface area contributed by atoms with Crippen LogP contribution in [0.3, 0.4) is 0 Å². The van der Waals surface area contributed by atoms with E-state index in [-0.39, 0.29) is 12.4 Å². The van der Waals surface area contributed by atoms with Gasteiger partial charge in [0.2, 0.25) is 0 Å². The van der Waals surface area contributed by atoms with Crippen LogP contribution in [0.15, 0.2) is 22.6 Å². The highest BCUT2D eigenvalue weighted by atomic mass is 16.5. The second-order valence-corrected chi connectivity index (χ2v) is 3.44. The molecule has 17 heavy (non-hydrogen) atoms. The Kier molecular flexibility index (Phi) is 2.91. The van der Waals surface area contributed by atoms with E-state index in [0.717, 1.165) is 0 Å². The smallest absolute Gasteiger partial charge is 0.378 e. The maximum atomic E-state index is 11.7. The first-order valence-corrected chi connectivity index (χ1v) is 5.20.